The first-order chi connectivity index (χ1) is 11.4. The molecule has 0 bridgehead atoms. The zero-order valence-corrected chi connectivity index (χ0v) is 15.3. The maximum atomic E-state index is 12.9. The zero-order chi connectivity index (χ0) is 17.4. The molecule has 3 rings (SSSR count). The lowest BCUT2D eigenvalue weighted by Gasteiger charge is -2.26. The maximum absolute atomic E-state index is 12.9. The van der Waals surface area contributed by atoms with Gasteiger partial charge in [0.25, 0.3) is 0 Å². The molecular formula is C18H21N3O2S. The third-order valence-electron chi connectivity index (χ3n) is 4.49. The van der Waals surface area contributed by atoms with Gasteiger partial charge in [0.05, 0.1) is 27.9 Å². The Kier molecular flexibility index (Phi) is 4.41. The van der Waals surface area contributed by atoms with Gasteiger partial charge in [0.2, 0.25) is 5.91 Å². The van der Waals surface area contributed by atoms with E-state index in [0.717, 1.165) is 26.5 Å². The summed E-state index contributed by atoms with van der Waals surface area (Å²) in [6.07, 6.45) is 0. The second-order valence-corrected chi connectivity index (χ2v) is 7.17. The summed E-state index contributed by atoms with van der Waals surface area (Å²) in [7, 11) is 1.83. The molecule has 24 heavy (non-hydrogen) atoms. The smallest absolute Gasteiger partial charge is 0.230 e. The van der Waals surface area contributed by atoms with Crippen molar-refractivity contribution in [2.45, 2.75) is 39.7 Å². The van der Waals surface area contributed by atoms with Gasteiger partial charge in [-0.2, -0.15) is 0 Å². The minimum Gasteiger partial charge on any atom is -0.361 e. The summed E-state index contributed by atoms with van der Waals surface area (Å²) >= 11 is 1.63. The molecule has 3 aromatic rings. The molecule has 6 heteroatoms. The van der Waals surface area contributed by atoms with E-state index >= 15 is 0 Å². The van der Waals surface area contributed by atoms with Crippen molar-refractivity contribution in [3.05, 3.63) is 46.3 Å². The van der Waals surface area contributed by atoms with Gasteiger partial charge < -0.3 is 9.42 Å². The number of hydrogen-bond donors (Lipinski definition) is 0. The predicted octanol–water partition coefficient (Wildman–Crippen LogP) is 4.22. The molecule has 1 aromatic carbocycles. The number of nitrogens with zero attached hydrogens (tertiary/aromatic N) is 3. The Balaban J connectivity index is 1.84. The zero-order valence-electron chi connectivity index (χ0n) is 14.5. The van der Waals surface area contributed by atoms with Gasteiger partial charge >= 0.3 is 0 Å². The van der Waals surface area contributed by atoms with Crippen LogP contribution in [0.5, 0.6) is 0 Å². The topological polar surface area (TPSA) is 59.2 Å². The molecule has 2 aromatic heterocycles. The average molecular weight is 343 g/mol. The number of rotatable bonds is 4. The first-order valence-corrected chi connectivity index (χ1v) is 8.76. The lowest BCUT2D eigenvalue weighted by Crippen LogP contribution is -2.33. The molecule has 0 N–H and O–H groups in total. The van der Waals surface area contributed by atoms with E-state index in [4.69, 9.17) is 4.52 Å². The number of para-hydroxylation sites is 1. The van der Waals surface area contributed by atoms with Crippen LogP contribution in [0.15, 0.2) is 28.8 Å². The molecule has 0 saturated heterocycles. The van der Waals surface area contributed by atoms with Gasteiger partial charge in [-0.15, -0.1) is 11.3 Å². The summed E-state index contributed by atoms with van der Waals surface area (Å²) in [6, 6.07) is 7.94. The van der Waals surface area contributed by atoms with Gasteiger partial charge in [-0.1, -0.05) is 17.3 Å². The van der Waals surface area contributed by atoms with Crippen molar-refractivity contribution < 1.29 is 9.32 Å². The summed E-state index contributed by atoms with van der Waals surface area (Å²) in [5, 5.41) is 4.90. The second-order valence-electron chi connectivity index (χ2n) is 6.10. The van der Waals surface area contributed by atoms with Gasteiger partial charge in [0.1, 0.15) is 10.8 Å². The second kappa shape index (κ2) is 6.36. The van der Waals surface area contributed by atoms with Crippen LogP contribution < -0.4 is 0 Å². The molecular weight excluding hydrogens is 322 g/mol. The van der Waals surface area contributed by atoms with Gasteiger partial charge in [-0.25, -0.2) is 4.98 Å². The largest absolute Gasteiger partial charge is 0.361 e. The van der Waals surface area contributed by atoms with Gasteiger partial charge in [0.15, 0.2) is 0 Å². The normalized spacial score (nSPS) is 13.9. The van der Waals surface area contributed by atoms with Crippen LogP contribution in [0, 0.1) is 13.8 Å². The number of aryl methyl sites for hydroxylation is 2. The quantitative estimate of drug-likeness (QED) is 0.711. The third kappa shape index (κ3) is 2.82. The summed E-state index contributed by atoms with van der Waals surface area (Å²) in [6.45, 7) is 7.62. The van der Waals surface area contributed by atoms with Crippen molar-refractivity contribution in [3.8, 4) is 0 Å². The fourth-order valence-corrected chi connectivity index (χ4v) is 4.03. The van der Waals surface area contributed by atoms with Crippen molar-refractivity contribution in [1.29, 1.82) is 0 Å². The number of thiazole rings is 1. The number of fused-ring (bicyclic) bond motifs is 1. The predicted molar refractivity (Wildman–Crippen MR) is 95.2 cm³/mol. The molecule has 2 heterocycles. The van der Waals surface area contributed by atoms with E-state index in [-0.39, 0.29) is 17.9 Å². The van der Waals surface area contributed by atoms with E-state index in [1.54, 1.807) is 16.2 Å². The molecule has 2 atom stereocenters. The van der Waals surface area contributed by atoms with Crippen LogP contribution in [0.3, 0.4) is 0 Å². The highest BCUT2D eigenvalue weighted by Gasteiger charge is 2.29. The SMILES string of the molecule is Cc1noc(C)c1[C@H](C)C(=O)N(C)[C@H](C)c1nc2ccccc2s1. The van der Waals surface area contributed by atoms with Gasteiger partial charge in [-0.05, 0) is 39.8 Å². The van der Waals surface area contributed by atoms with Crippen molar-refractivity contribution in [1.82, 2.24) is 15.0 Å². The van der Waals surface area contributed by atoms with Crippen LogP contribution in [0.1, 0.15) is 47.8 Å². The Morgan fingerprint density at radius 1 is 1.25 bits per heavy atom. The molecule has 1 amide bonds. The number of likely N-dealkylation sites (N-methyl/N-ethyl adjacent to an activating group) is 1. The van der Waals surface area contributed by atoms with Gasteiger partial charge in [-0.3, -0.25) is 4.79 Å². The van der Waals surface area contributed by atoms with Crippen molar-refractivity contribution in [3.63, 3.8) is 0 Å². The van der Waals surface area contributed by atoms with Crippen molar-refractivity contribution >= 4 is 27.5 Å². The van der Waals surface area contributed by atoms with E-state index in [2.05, 4.69) is 16.2 Å². The first-order valence-electron chi connectivity index (χ1n) is 7.95. The molecule has 0 radical (unpaired) electrons. The average Bonchev–Trinajstić information content (AvgIpc) is 3.15. The molecule has 0 unspecified atom stereocenters. The van der Waals surface area contributed by atoms with Crippen LogP contribution in [-0.4, -0.2) is 28.0 Å². The van der Waals surface area contributed by atoms with Crippen LogP contribution >= 0.6 is 11.3 Å². The Hall–Kier alpha value is -2.21. The molecule has 0 spiro atoms. The Morgan fingerprint density at radius 2 is 1.96 bits per heavy atom. The lowest BCUT2D eigenvalue weighted by molar-refractivity contribution is -0.133. The van der Waals surface area contributed by atoms with E-state index in [1.807, 2.05) is 52.9 Å². The Labute approximate surface area is 145 Å². The highest BCUT2D eigenvalue weighted by Crippen LogP contribution is 2.31. The summed E-state index contributed by atoms with van der Waals surface area (Å²) in [5.41, 5.74) is 2.63. The minimum atomic E-state index is -0.293. The highest BCUT2D eigenvalue weighted by molar-refractivity contribution is 7.18. The monoisotopic (exact) mass is 343 g/mol. The maximum Gasteiger partial charge on any atom is 0.230 e. The number of hydrogen-bond acceptors (Lipinski definition) is 5. The molecule has 0 aliphatic heterocycles. The standard InChI is InChI=1S/C18H21N3O2S/c1-10(16-11(2)20-23-13(16)4)18(22)21(5)12(3)17-19-14-8-6-7-9-15(14)24-17/h6-10,12H,1-5H3/t10-,12+/m0/s1. The first kappa shape index (κ1) is 16.6. The van der Waals surface area contributed by atoms with Crippen LogP contribution in [0.4, 0.5) is 0 Å². The number of carbonyl (C=O) groups excluding carboxylic acids is 1. The van der Waals surface area contributed by atoms with E-state index < -0.39 is 0 Å². The highest BCUT2D eigenvalue weighted by atomic mass is 32.1. The van der Waals surface area contributed by atoms with Crippen molar-refractivity contribution in [2.24, 2.45) is 0 Å². The Bertz CT molecular complexity index is 831. The number of carbonyl (C=O) groups is 1. The summed E-state index contributed by atoms with van der Waals surface area (Å²) in [4.78, 5) is 19.3. The number of amides is 1. The van der Waals surface area contributed by atoms with Crippen LogP contribution in [-0.2, 0) is 4.79 Å². The van der Waals surface area contributed by atoms with Crippen LogP contribution in [0.2, 0.25) is 0 Å². The lowest BCUT2D eigenvalue weighted by atomic mass is 9.97. The molecule has 0 aliphatic carbocycles. The van der Waals surface area contributed by atoms with Gasteiger partial charge in [0, 0.05) is 12.6 Å². The minimum absolute atomic E-state index is 0.0381. The molecule has 5 nitrogen and oxygen atoms in total. The molecule has 0 fully saturated rings. The van der Waals surface area contributed by atoms with E-state index in [9.17, 15) is 4.79 Å². The molecule has 0 aliphatic rings. The van der Waals surface area contributed by atoms with E-state index in [0.29, 0.717) is 5.76 Å². The van der Waals surface area contributed by atoms with Crippen LogP contribution in [0.25, 0.3) is 10.2 Å². The van der Waals surface area contributed by atoms with Crippen molar-refractivity contribution in [2.75, 3.05) is 7.05 Å². The summed E-state index contributed by atoms with van der Waals surface area (Å²) in [5.74, 6) is 0.448. The number of benzene rings is 1. The fraction of sp³-hybridized carbons (Fsp3) is 0.389. The summed E-state index contributed by atoms with van der Waals surface area (Å²) < 4.78 is 6.34. The fourth-order valence-electron chi connectivity index (χ4n) is 2.96. The third-order valence-corrected chi connectivity index (χ3v) is 5.70. The number of aromatic nitrogens is 2. The van der Waals surface area contributed by atoms with E-state index in [1.165, 1.54) is 0 Å². The Morgan fingerprint density at radius 3 is 2.58 bits per heavy atom. The molecule has 126 valence electrons. The molecule has 0 saturated carbocycles.